The van der Waals surface area contributed by atoms with Gasteiger partial charge in [-0.05, 0) is 62.7 Å². The monoisotopic (exact) mass is 399 g/mol. The number of aryl methyl sites for hydroxylation is 2. The summed E-state index contributed by atoms with van der Waals surface area (Å²) >= 11 is 0. The Morgan fingerprint density at radius 2 is 1.50 bits per heavy atom. The third kappa shape index (κ3) is 3.33. The lowest BCUT2D eigenvalue weighted by atomic mass is 10.1. The molecule has 0 spiro atoms. The summed E-state index contributed by atoms with van der Waals surface area (Å²) < 4.78 is 2.06. The summed E-state index contributed by atoms with van der Waals surface area (Å²) in [6.07, 6.45) is 1.55. The summed E-state index contributed by atoms with van der Waals surface area (Å²) in [6.45, 7) is 5.81. The van der Waals surface area contributed by atoms with Crippen molar-refractivity contribution in [3.63, 3.8) is 0 Å². The third-order valence-electron chi connectivity index (χ3n) is 5.18. The van der Waals surface area contributed by atoms with Crippen molar-refractivity contribution in [3.8, 4) is 5.69 Å². The van der Waals surface area contributed by atoms with Crippen LogP contribution in [-0.2, 0) is 9.59 Å². The van der Waals surface area contributed by atoms with Gasteiger partial charge < -0.3 is 4.57 Å². The molecular weight excluding hydrogens is 378 g/mol. The molecule has 4 rings (SSSR count). The number of carbonyl (C=O) groups excluding carboxylic acids is 3. The van der Waals surface area contributed by atoms with Gasteiger partial charge >= 0.3 is 6.03 Å². The van der Waals surface area contributed by atoms with E-state index in [1.165, 1.54) is 0 Å². The Kier molecular flexibility index (Phi) is 4.83. The van der Waals surface area contributed by atoms with Gasteiger partial charge in [0.2, 0.25) is 0 Å². The Morgan fingerprint density at radius 1 is 0.833 bits per heavy atom. The molecule has 0 saturated carbocycles. The van der Waals surface area contributed by atoms with Crippen LogP contribution in [0.25, 0.3) is 11.8 Å². The number of amides is 4. The summed E-state index contributed by atoms with van der Waals surface area (Å²) in [7, 11) is 0. The molecule has 2 heterocycles. The van der Waals surface area contributed by atoms with E-state index in [9.17, 15) is 14.4 Å². The summed E-state index contributed by atoms with van der Waals surface area (Å²) in [5, 5.41) is 2.27. The van der Waals surface area contributed by atoms with Crippen LogP contribution in [-0.4, -0.2) is 22.4 Å². The van der Waals surface area contributed by atoms with Crippen molar-refractivity contribution >= 4 is 29.6 Å². The van der Waals surface area contributed by atoms with Crippen molar-refractivity contribution in [2.45, 2.75) is 20.8 Å². The second-order valence-electron chi connectivity index (χ2n) is 7.29. The van der Waals surface area contributed by atoms with Crippen molar-refractivity contribution in [2.75, 3.05) is 4.90 Å². The maximum Gasteiger partial charge on any atom is 0.335 e. The first kappa shape index (κ1) is 19.4. The molecule has 30 heavy (non-hydrogen) atoms. The number of barbiturate groups is 1. The van der Waals surface area contributed by atoms with Crippen molar-refractivity contribution in [1.29, 1.82) is 0 Å². The molecule has 0 aliphatic carbocycles. The molecule has 1 fully saturated rings. The quantitative estimate of drug-likeness (QED) is 0.533. The van der Waals surface area contributed by atoms with Crippen LogP contribution in [0.2, 0.25) is 0 Å². The number of urea groups is 1. The smallest absolute Gasteiger partial charge is 0.318 e. The minimum Gasteiger partial charge on any atom is -0.318 e. The number of nitrogens with one attached hydrogen (secondary N) is 1. The fourth-order valence-electron chi connectivity index (χ4n) is 3.65. The Morgan fingerprint density at radius 3 is 2.17 bits per heavy atom. The van der Waals surface area contributed by atoms with Gasteiger partial charge in [-0.15, -0.1) is 0 Å². The molecule has 0 bridgehead atoms. The van der Waals surface area contributed by atoms with E-state index in [-0.39, 0.29) is 5.57 Å². The lowest BCUT2D eigenvalue weighted by Gasteiger charge is -2.26. The molecule has 1 aromatic heterocycles. The van der Waals surface area contributed by atoms with Crippen molar-refractivity contribution in [2.24, 2.45) is 0 Å². The molecule has 6 heteroatoms. The first-order valence-electron chi connectivity index (χ1n) is 9.59. The second-order valence-corrected chi connectivity index (χ2v) is 7.29. The second kappa shape index (κ2) is 7.48. The van der Waals surface area contributed by atoms with Crippen LogP contribution in [0.1, 0.15) is 22.5 Å². The molecule has 0 unspecified atom stereocenters. The lowest BCUT2D eigenvalue weighted by molar-refractivity contribution is -0.122. The average Bonchev–Trinajstić information content (AvgIpc) is 3.00. The number of benzene rings is 2. The summed E-state index contributed by atoms with van der Waals surface area (Å²) in [5.41, 5.74) is 4.94. The Balaban J connectivity index is 1.76. The highest BCUT2D eigenvalue weighted by atomic mass is 16.2. The van der Waals surface area contributed by atoms with Crippen LogP contribution in [0.3, 0.4) is 0 Å². The number of hydrogen-bond acceptors (Lipinski definition) is 3. The van der Waals surface area contributed by atoms with Gasteiger partial charge in [0.05, 0.1) is 5.69 Å². The molecule has 0 radical (unpaired) electrons. The molecule has 0 atom stereocenters. The zero-order valence-corrected chi connectivity index (χ0v) is 17.0. The first-order valence-corrected chi connectivity index (χ1v) is 9.59. The zero-order chi connectivity index (χ0) is 21.4. The summed E-state index contributed by atoms with van der Waals surface area (Å²) in [5.74, 6) is -1.34. The molecule has 4 amide bonds. The SMILES string of the molecule is Cc1ccc(N2C(=O)NC(=O)C(=Cc3cc(C)n(-c4ccccc4)c3C)C2=O)cc1. The van der Waals surface area contributed by atoms with Crippen LogP contribution >= 0.6 is 0 Å². The molecule has 6 nitrogen and oxygen atoms in total. The number of imide groups is 2. The highest BCUT2D eigenvalue weighted by molar-refractivity contribution is 6.39. The minimum absolute atomic E-state index is 0.0801. The topological polar surface area (TPSA) is 71.4 Å². The fraction of sp³-hybridized carbons (Fsp3) is 0.125. The highest BCUT2D eigenvalue weighted by Gasteiger charge is 2.37. The van der Waals surface area contributed by atoms with Crippen LogP contribution in [0, 0.1) is 20.8 Å². The molecular formula is C24H21N3O3. The Labute approximate surface area is 174 Å². The standard InChI is InChI=1S/C24H21N3O3/c1-15-9-11-20(12-10-15)27-23(29)21(22(28)25-24(27)30)14-18-13-16(2)26(17(18)3)19-7-5-4-6-8-19/h4-14H,1-3H3,(H,25,28,30). The van der Waals surface area contributed by atoms with Gasteiger partial charge in [0.15, 0.2) is 0 Å². The van der Waals surface area contributed by atoms with Gasteiger partial charge in [-0.2, -0.15) is 0 Å². The summed E-state index contributed by atoms with van der Waals surface area (Å²) in [4.78, 5) is 38.9. The van der Waals surface area contributed by atoms with Gasteiger partial charge in [0.1, 0.15) is 5.57 Å². The van der Waals surface area contributed by atoms with Gasteiger partial charge in [-0.25, -0.2) is 9.69 Å². The number of nitrogens with zero attached hydrogens (tertiary/aromatic N) is 2. The van der Waals surface area contributed by atoms with E-state index in [2.05, 4.69) is 9.88 Å². The van der Waals surface area contributed by atoms with Gasteiger partial charge in [-0.1, -0.05) is 35.9 Å². The minimum atomic E-state index is -0.749. The zero-order valence-electron chi connectivity index (χ0n) is 17.0. The number of hydrogen-bond donors (Lipinski definition) is 1. The third-order valence-corrected chi connectivity index (χ3v) is 5.18. The van der Waals surface area contributed by atoms with Gasteiger partial charge in [0.25, 0.3) is 11.8 Å². The fourth-order valence-corrected chi connectivity index (χ4v) is 3.65. The van der Waals surface area contributed by atoms with Crippen molar-refractivity contribution in [1.82, 2.24) is 9.88 Å². The number of carbonyl (C=O) groups is 3. The molecule has 1 aliphatic heterocycles. The van der Waals surface area contributed by atoms with Gasteiger partial charge in [0, 0.05) is 17.1 Å². The van der Waals surface area contributed by atoms with E-state index in [1.807, 2.05) is 69.3 Å². The van der Waals surface area contributed by atoms with Crippen molar-refractivity contribution in [3.05, 3.63) is 88.8 Å². The van der Waals surface area contributed by atoms with E-state index in [0.717, 1.165) is 33.1 Å². The maximum absolute atomic E-state index is 13.1. The summed E-state index contributed by atoms with van der Waals surface area (Å²) in [6, 6.07) is 18.0. The average molecular weight is 399 g/mol. The molecule has 1 saturated heterocycles. The van der Waals surface area contributed by atoms with Gasteiger partial charge in [-0.3, -0.25) is 14.9 Å². The molecule has 1 aliphatic rings. The lowest BCUT2D eigenvalue weighted by Crippen LogP contribution is -2.54. The number of rotatable bonds is 3. The Hall–Kier alpha value is -3.93. The van der Waals surface area contributed by atoms with E-state index in [1.54, 1.807) is 18.2 Å². The molecule has 2 aromatic carbocycles. The van der Waals surface area contributed by atoms with E-state index in [0.29, 0.717) is 5.69 Å². The van der Waals surface area contributed by atoms with E-state index >= 15 is 0 Å². The van der Waals surface area contributed by atoms with E-state index < -0.39 is 17.8 Å². The number of para-hydroxylation sites is 1. The normalized spacial score (nSPS) is 15.6. The van der Waals surface area contributed by atoms with Crippen LogP contribution in [0.4, 0.5) is 10.5 Å². The van der Waals surface area contributed by atoms with Crippen LogP contribution in [0.5, 0.6) is 0 Å². The maximum atomic E-state index is 13.1. The number of aromatic nitrogens is 1. The number of anilines is 1. The van der Waals surface area contributed by atoms with Crippen molar-refractivity contribution < 1.29 is 14.4 Å². The predicted octanol–water partition coefficient (Wildman–Crippen LogP) is 4.07. The molecule has 150 valence electrons. The molecule has 1 N–H and O–H groups in total. The first-order chi connectivity index (χ1) is 14.4. The van der Waals surface area contributed by atoms with E-state index in [4.69, 9.17) is 0 Å². The van der Waals surface area contributed by atoms with Crippen LogP contribution < -0.4 is 10.2 Å². The highest BCUT2D eigenvalue weighted by Crippen LogP contribution is 2.26. The Bertz CT molecular complexity index is 1190. The molecule has 3 aromatic rings. The largest absolute Gasteiger partial charge is 0.335 e. The van der Waals surface area contributed by atoms with Crippen LogP contribution in [0.15, 0.2) is 66.2 Å². The predicted molar refractivity (Wildman–Crippen MR) is 115 cm³/mol.